The van der Waals surface area contributed by atoms with Gasteiger partial charge >= 0.3 is 7.82 Å². The second-order valence-electron chi connectivity index (χ2n) is 11.0. The van der Waals surface area contributed by atoms with Gasteiger partial charge < -0.3 is 39.9 Å². The summed E-state index contributed by atoms with van der Waals surface area (Å²) >= 11 is 0. The van der Waals surface area contributed by atoms with Crippen molar-refractivity contribution in [2.24, 2.45) is 0 Å². The molecule has 0 amide bonds. The normalized spacial score (nSPS) is 27.5. The molecule has 0 heterocycles. The summed E-state index contributed by atoms with van der Waals surface area (Å²) in [5, 5.41) is 49.0. The molecule has 0 aromatic heterocycles. The molecular formula is C28H57O11P. The van der Waals surface area contributed by atoms with Crippen LogP contribution >= 0.6 is 7.82 Å². The fourth-order valence-corrected chi connectivity index (χ4v) is 5.81. The van der Waals surface area contributed by atoms with Crippen LogP contribution in [0.5, 0.6) is 0 Å². The van der Waals surface area contributed by atoms with Crippen LogP contribution in [0.1, 0.15) is 110 Å². The summed E-state index contributed by atoms with van der Waals surface area (Å²) < 4.78 is 32.8. The highest BCUT2D eigenvalue weighted by Crippen LogP contribution is 2.47. The van der Waals surface area contributed by atoms with Crippen LogP contribution in [0.15, 0.2) is 0 Å². The monoisotopic (exact) mass is 600 g/mol. The Balaban J connectivity index is 2.05. The van der Waals surface area contributed by atoms with Gasteiger partial charge in [0.15, 0.2) is 0 Å². The highest BCUT2D eigenvalue weighted by molar-refractivity contribution is 7.47. The summed E-state index contributed by atoms with van der Waals surface area (Å²) in [6, 6.07) is 0. The molecule has 8 atom stereocenters. The summed E-state index contributed by atoms with van der Waals surface area (Å²) in [6.07, 6.45) is 8.72. The van der Waals surface area contributed by atoms with E-state index in [-0.39, 0.29) is 13.2 Å². The topological polar surface area (TPSA) is 175 Å². The van der Waals surface area contributed by atoms with E-state index in [0.29, 0.717) is 6.61 Å². The van der Waals surface area contributed by atoms with Crippen LogP contribution in [0.2, 0.25) is 0 Å². The average Bonchev–Trinajstić information content (AvgIpc) is 2.94. The van der Waals surface area contributed by atoms with Crippen LogP contribution in [0.3, 0.4) is 0 Å². The summed E-state index contributed by atoms with van der Waals surface area (Å²) in [5.74, 6) is 0. The SMILES string of the molecule is CCCCCCCCCCCCCCCCCCOC[C@H](COP(=O)(O)OC1[C@H](O)[C@H](O)C(O)[C@H](O)[C@H]1O)OC. The van der Waals surface area contributed by atoms with Crippen LogP contribution in [-0.2, 0) is 23.1 Å². The van der Waals surface area contributed by atoms with E-state index in [1.165, 1.54) is 97.0 Å². The van der Waals surface area contributed by atoms with Gasteiger partial charge in [-0.2, -0.15) is 0 Å². The molecule has 3 unspecified atom stereocenters. The number of aliphatic hydroxyl groups is 5. The average molecular weight is 601 g/mol. The molecule has 1 saturated carbocycles. The highest BCUT2D eigenvalue weighted by Gasteiger charge is 2.51. The second kappa shape index (κ2) is 22.4. The molecule has 1 fully saturated rings. The molecule has 0 spiro atoms. The quantitative estimate of drug-likeness (QED) is 0.0667. The molecule has 1 rings (SSSR count). The van der Waals surface area contributed by atoms with Crippen LogP contribution in [-0.4, -0.2) is 100 Å². The first-order valence-electron chi connectivity index (χ1n) is 15.3. The van der Waals surface area contributed by atoms with Gasteiger partial charge in [0.05, 0.1) is 13.2 Å². The van der Waals surface area contributed by atoms with Gasteiger partial charge in [-0.05, 0) is 6.42 Å². The first-order chi connectivity index (χ1) is 19.1. The predicted octanol–water partition coefficient (Wildman–Crippen LogP) is 3.60. The lowest BCUT2D eigenvalue weighted by molar-refractivity contribution is -0.220. The lowest BCUT2D eigenvalue weighted by Crippen LogP contribution is -2.64. The zero-order chi connectivity index (χ0) is 29.8. The Morgan fingerprint density at radius 3 is 1.45 bits per heavy atom. The Kier molecular flexibility index (Phi) is 21.2. The van der Waals surface area contributed by atoms with E-state index in [9.17, 15) is 35.0 Å². The van der Waals surface area contributed by atoms with Crippen LogP contribution in [0.4, 0.5) is 0 Å². The highest BCUT2D eigenvalue weighted by atomic mass is 31.2. The third-order valence-electron chi connectivity index (χ3n) is 7.53. The van der Waals surface area contributed by atoms with E-state index >= 15 is 0 Å². The Labute approximate surface area is 240 Å². The molecule has 11 nitrogen and oxygen atoms in total. The van der Waals surface area contributed by atoms with Gasteiger partial charge in [-0.25, -0.2) is 4.57 Å². The van der Waals surface area contributed by atoms with Crippen molar-refractivity contribution in [3.8, 4) is 0 Å². The van der Waals surface area contributed by atoms with Gasteiger partial charge in [0, 0.05) is 13.7 Å². The lowest BCUT2D eigenvalue weighted by Gasteiger charge is -2.41. The summed E-state index contributed by atoms with van der Waals surface area (Å²) in [4.78, 5) is 9.98. The van der Waals surface area contributed by atoms with E-state index in [1.807, 2.05) is 0 Å². The molecule has 1 aliphatic rings. The van der Waals surface area contributed by atoms with Crippen LogP contribution < -0.4 is 0 Å². The van der Waals surface area contributed by atoms with E-state index in [1.54, 1.807) is 0 Å². The predicted molar refractivity (Wildman–Crippen MR) is 152 cm³/mol. The van der Waals surface area contributed by atoms with Crippen molar-refractivity contribution in [2.45, 2.75) is 152 Å². The molecule has 240 valence electrons. The van der Waals surface area contributed by atoms with E-state index < -0.39 is 50.6 Å². The Morgan fingerprint density at radius 2 is 1.02 bits per heavy atom. The number of rotatable bonds is 25. The maximum atomic E-state index is 12.3. The van der Waals surface area contributed by atoms with Gasteiger partial charge in [-0.3, -0.25) is 9.05 Å². The first kappa shape index (κ1) is 37.9. The molecule has 0 radical (unpaired) electrons. The Morgan fingerprint density at radius 1 is 0.625 bits per heavy atom. The van der Waals surface area contributed by atoms with E-state index in [0.717, 1.165) is 12.8 Å². The molecule has 0 aromatic rings. The fraction of sp³-hybridized carbons (Fsp3) is 1.00. The van der Waals surface area contributed by atoms with E-state index in [2.05, 4.69) is 6.92 Å². The lowest BCUT2D eigenvalue weighted by atomic mass is 9.85. The number of ether oxygens (including phenoxy) is 2. The number of phosphoric ester groups is 1. The van der Waals surface area contributed by atoms with Crippen molar-refractivity contribution >= 4 is 7.82 Å². The van der Waals surface area contributed by atoms with Crippen LogP contribution in [0, 0.1) is 0 Å². The second-order valence-corrected chi connectivity index (χ2v) is 12.4. The van der Waals surface area contributed by atoms with Gasteiger partial charge in [0.1, 0.15) is 42.7 Å². The smallest absolute Gasteiger partial charge is 0.387 e. The molecule has 0 aromatic carbocycles. The van der Waals surface area contributed by atoms with Crippen molar-refractivity contribution in [3.63, 3.8) is 0 Å². The standard InChI is InChI=1S/C28H57O11P/c1-3-4-5-6-7-8-9-10-11-12-13-14-15-16-17-18-19-37-20-22(36-2)21-38-40(34,35)39-28-26(32)24(30)23(29)25(31)27(28)33/h22-33H,3-21H2,1-2H3,(H,34,35)/t22-,23?,24-,25+,26-,27-,28?/m1/s1. The number of aliphatic hydroxyl groups excluding tert-OH is 5. The third-order valence-corrected chi connectivity index (χ3v) is 8.52. The van der Waals surface area contributed by atoms with Gasteiger partial charge in [0.25, 0.3) is 0 Å². The number of hydrogen-bond acceptors (Lipinski definition) is 10. The zero-order valence-electron chi connectivity index (χ0n) is 24.6. The number of methoxy groups -OCH3 is 1. The summed E-state index contributed by atoms with van der Waals surface area (Å²) in [5.41, 5.74) is 0. The molecule has 12 heteroatoms. The van der Waals surface area contributed by atoms with Crippen molar-refractivity contribution < 1.29 is 53.5 Å². The van der Waals surface area contributed by atoms with Gasteiger partial charge in [0.2, 0.25) is 0 Å². The van der Waals surface area contributed by atoms with Crippen molar-refractivity contribution in [2.75, 3.05) is 26.9 Å². The largest absolute Gasteiger partial charge is 0.472 e. The van der Waals surface area contributed by atoms with Gasteiger partial charge in [-0.1, -0.05) is 103 Å². The molecular weight excluding hydrogens is 543 g/mol. The molecule has 40 heavy (non-hydrogen) atoms. The van der Waals surface area contributed by atoms with Crippen LogP contribution in [0.25, 0.3) is 0 Å². The number of phosphoric acid groups is 1. The third kappa shape index (κ3) is 15.9. The summed E-state index contributed by atoms with van der Waals surface area (Å²) in [6.45, 7) is 2.55. The Hall–Kier alpha value is -0.170. The minimum absolute atomic E-state index is 0.132. The summed E-state index contributed by atoms with van der Waals surface area (Å²) in [7, 11) is -3.41. The molecule has 6 N–H and O–H groups in total. The first-order valence-corrected chi connectivity index (χ1v) is 16.8. The molecule has 0 aliphatic heterocycles. The van der Waals surface area contributed by atoms with Crippen molar-refractivity contribution in [1.29, 1.82) is 0 Å². The molecule has 0 saturated heterocycles. The van der Waals surface area contributed by atoms with Crippen molar-refractivity contribution in [3.05, 3.63) is 0 Å². The molecule has 1 aliphatic carbocycles. The Bertz CT molecular complexity index is 640. The number of unbranched alkanes of at least 4 members (excludes halogenated alkanes) is 15. The minimum Gasteiger partial charge on any atom is -0.387 e. The maximum Gasteiger partial charge on any atom is 0.472 e. The van der Waals surface area contributed by atoms with E-state index in [4.69, 9.17) is 18.5 Å². The molecule has 0 bridgehead atoms. The van der Waals surface area contributed by atoms with Gasteiger partial charge in [-0.15, -0.1) is 0 Å². The van der Waals surface area contributed by atoms with Crippen molar-refractivity contribution in [1.82, 2.24) is 0 Å². The maximum absolute atomic E-state index is 12.3. The minimum atomic E-state index is -4.81. The zero-order valence-corrected chi connectivity index (χ0v) is 25.5. The fourth-order valence-electron chi connectivity index (χ4n) is 4.83. The number of hydrogen-bond donors (Lipinski definition) is 6.